The van der Waals surface area contributed by atoms with Crippen LogP contribution in [0.2, 0.25) is 0 Å². The minimum atomic E-state index is -4.70. The van der Waals surface area contributed by atoms with E-state index in [0.717, 1.165) is 6.20 Å². The van der Waals surface area contributed by atoms with Crippen LogP contribution in [0.25, 0.3) is 0 Å². The third-order valence-electron chi connectivity index (χ3n) is 5.60. The van der Waals surface area contributed by atoms with Gasteiger partial charge in [-0.1, -0.05) is 5.92 Å². The first-order valence-electron chi connectivity index (χ1n) is 12.2. The number of rotatable bonds is 7. The molecule has 1 saturated heterocycles. The second-order valence-corrected chi connectivity index (χ2v) is 13.6. The van der Waals surface area contributed by atoms with Crippen LogP contribution >= 0.6 is 0 Å². The van der Waals surface area contributed by atoms with Crippen LogP contribution in [0.1, 0.15) is 27.7 Å². The summed E-state index contributed by atoms with van der Waals surface area (Å²) in [6, 6.07) is 7.26. The summed E-state index contributed by atoms with van der Waals surface area (Å²) in [6.45, 7) is 5.24. The van der Waals surface area contributed by atoms with Gasteiger partial charge < -0.3 is 9.64 Å². The molecule has 0 spiro atoms. The number of sulfonamides is 2. The lowest BCUT2D eigenvalue weighted by atomic mass is 10.1. The van der Waals surface area contributed by atoms with Crippen LogP contribution in [0.5, 0.6) is 0 Å². The van der Waals surface area contributed by atoms with Gasteiger partial charge in [0.1, 0.15) is 28.9 Å². The van der Waals surface area contributed by atoms with Gasteiger partial charge in [0.2, 0.25) is 20.0 Å². The molecule has 0 aliphatic carbocycles. The van der Waals surface area contributed by atoms with Crippen molar-refractivity contribution in [2.24, 2.45) is 0 Å². The Bertz CT molecular complexity index is 1510. The van der Waals surface area contributed by atoms with Gasteiger partial charge in [0.15, 0.2) is 0 Å². The van der Waals surface area contributed by atoms with Gasteiger partial charge in [0.05, 0.1) is 4.90 Å². The maximum Gasteiger partial charge on any atom is 0.413 e. The Hall–Kier alpha value is -3.39. The van der Waals surface area contributed by atoms with E-state index in [2.05, 4.69) is 22.1 Å². The number of anilines is 2. The molecule has 2 N–H and O–H groups in total. The second-order valence-electron chi connectivity index (χ2n) is 9.91. The summed E-state index contributed by atoms with van der Waals surface area (Å²) in [4.78, 5) is 17.3. The number of carbonyl (C=O) groups excluding carboxylic acids is 1. The lowest BCUT2D eigenvalue weighted by Gasteiger charge is -2.39. The molecule has 1 atom stereocenters. The van der Waals surface area contributed by atoms with Gasteiger partial charge in [-0.3, -0.25) is 5.32 Å². The average molecular weight is 618 g/mol. The summed E-state index contributed by atoms with van der Waals surface area (Å²) < 4.78 is 96.3. The molecule has 1 fully saturated rings. The number of carbonyl (C=O) groups is 1. The molecular formula is C25H30F3N5O6S2. The number of hydrogen-bond acceptors (Lipinski definition) is 8. The largest absolute Gasteiger partial charge is 0.444 e. The highest BCUT2D eigenvalue weighted by Crippen LogP contribution is 2.26. The molecule has 0 saturated carbocycles. The normalized spacial score (nSPS) is 17.0. The highest BCUT2D eigenvalue weighted by molar-refractivity contribution is 7.89. The Morgan fingerprint density at radius 2 is 1.68 bits per heavy atom. The molecule has 1 aromatic carbocycles. The summed E-state index contributed by atoms with van der Waals surface area (Å²) in [5, 5.41) is 2.43. The van der Waals surface area contributed by atoms with Crippen molar-refractivity contribution in [3.05, 3.63) is 42.6 Å². The third-order valence-corrected chi connectivity index (χ3v) is 8.86. The fraction of sp³-hybridized carbons (Fsp3) is 0.440. The summed E-state index contributed by atoms with van der Waals surface area (Å²) >= 11 is 0. The monoisotopic (exact) mass is 617 g/mol. The van der Waals surface area contributed by atoms with E-state index in [0.29, 0.717) is 5.69 Å². The zero-order valence-electron chi connectivity index (χ0n) is 22.7. The first-order valence-corrected chi connectivity index (χ1v) is 15.2. The molecular weight excluding hydrogens is 587 g/mol. The highest BCUT2D eigenvalue weighted by atomic mass is 32.2. The van der Waals surface area contributed by atoms with Crippen molar-refractivity contribution in [2.75, 3.05) is 36.4 Å². The molecule has 1 unspecified atom stereocenters. The lowest BCUT2D eigenvalue weighted by molar-refractivity contribution is -0.121. The molecule has 1 aromatic heterocycles. The molecule has 0 bridgehead atoms. The van der Waals surface area contributed by atoms with Gasteiger partial charge in [-0.15, -0.1) is 5.92 Å². The number of ether oxygens (including phenoxy) is 1. The number of aromatic nitrogens is 1. The van der Waals surface area contributed by atoms with E-state index in [1.165, 1.54) is 45.4 Å². The molecule has 224 valence electrons. The molecule has 2 heterocycles. The number of hydrogen-bond donors (Lipinski definition) is 2. The molecule has 1 amide bonds. The van der Waals surface area contributed by atoms with Crippen LogP contribution in [0.15, 0.2) is 52.4 Å². The topological polar surface area (TPSA) is 138 Å². The lowest BCUT2D eigenvalue weighted by Crippen LogP contribution is -2.54. The minimum Gasteiger partial charge on any atom is -0.444 e. The van der Waals surface area contributed by atoms with Gasteiger partial charge >= 0.3 is 12.3 Å². The van der Waals surface area contributed by atoms with Gasteiger partial charge in [-0.2, -0.15) is 17.5 Å². The van der Waals surface area contributed by atoms with Crippen LogP contribution in [0, 0.1) is 11.8 Å². The first kappa shape index (κ1) is 32.1. The van der Waals surface area contributed by atoms with Gasteiger partial charge in [0.25, 0.3) is 0 Å². The van der Waals surface area contributed by atoms with Crippen LogP contribution < -0.4 is 14.9 Å². The van der Waals surface area contributed by atoms with E-state index in [1.54, 1.807) is 32.6 Å². The van der Waals surface area contributed by atoms with E-state index >= 15 is 0 Å². The standard InChI is InChI=1S/C25H30F3N5O6S2/c1-5-6-19-16-32(41(37,38)21-11-12-22(29-15-21)31-23(34)39-24(2,3)4)13-14-33(19)18-7-9-20(10-8-18)40(35,36)30-17-25(26,27)28/h7-12,15,19,30H,13-14,16-17H2,1-4H3,(H,29,31,34). The molecule has 41 heavy (non-hydrogen) atoms. The SMILES string of the molecule is CC#CC1CN(S(=O)(=O)c2ccc(NC(=O)OC(C)(C)C)nc2)CCN1c1ccc(S(=O)(=O)NCC(F)(F)F)cc1. The zero-order valence-corrected chi connectivity index (χ0v) is 24.3. The maximum atomic E-state index is 13.3. The number of benzene rings is 1. The van der Waals surface area contributed by atoms with Crippen LogP contribution in [0.3, 0.4) is 0 Å². The van der Waals surface area contributed by atoms with Crippen molar-refractivity contribution in [2.45, 2.75) is 55.3 Å². The van der Waals surface area contributed by atoms with E-state index in [1.807, 2.05) is 0 Å². The fourth-order valence-corrected chi connectivity index (χ4v) is 6.21. The molecule has 1 aliphatic heterocycles. The summed E-state index contributed by atoms with van der Waals surface area (Å²) in [5.41, 5.74) is -0.204. The molecule has 11 nitrogen and oxygen atoms in total. The smallest absolute Gasteiger partial charge is 0.413 e. The van der Waals surface area contributed by atoms with Crippen molar-refractivity contribution in [1.82, 2.24) is 14.0 Å². The number of alkyl halides is 3. The van der Waals surface area contributed by atoms with Gasteiger partial charge in [0, 0.05) is 31.5 Å². The Balaban J connectivity index is 1.73. The van der Waals surface area contributed by atoms with E-state index in [9.17, 15) is 34.8 Å². The Morgan fingerprint density at radius 1 is 1.05 bits per heavy atom. The van der Waals surface area contributed by atoms with Crippen LogP contribution in [-0.2, 0) is 24.8 Å². The summed E-state index contributed by atoms with van der Waals surface area (Å²) in [7, 11) is -8.37. The summed E-state index contributed by atoms with van der Waals surface area (Å²) in [6.07, 6.45) is -4.31. The van der Waals surface area contributed by atoms with Crippen molar-refractivity contribution >= 4 is 37.6 Å². The number of nitrogens with zero attached hydrogens (tertiary/aromatic N) is 3. The number of nitrogens with one attached hydrogen (secondary N) is 2. The van der Waals surface area contributed by atoms with Crippen LogP contribution in [0.4, 0.5) is 29.5 Å². The molecule has 2 aromatic rings. The van der Waals surface area contributed by atoms with Gasteiger partial charge in [-0.05, 0) is 64.1 Å². The number of halogens is 3. The Morgan fingerprint density at radius 3 is 2.22 bits per heavy atom. The minimum absolute atomic E-state index is 0.0196. The predicted octanol–water partition coefficient (Wildman–Crippen LogP) is 3.17. The second kappa shape index (κ2) is 12.2. The fourth-order valence-electron chi connectivity index (χ4n) is 3.82. The summed E-state index contributed by atoms with van der Waals surface area (Å²) in [5.74, 6) is 5.83. The van der Waals surface area contributed by atoms with E-state index < -0.39 is 50.5 Å². The highest BCUT2D eigenvalue weighted by Gasteiger charge is 2.34. The first-order chi connectivity index (χ1) is 18.9. The molecule has 0 radical (unpaired) electrons. The zero-order chi connectivity index (χ0) is 30.6. The van der Waals surface area contributed by atoms with E-state index in [-0.39, 0.29) is 35.2 Å². The Labute approximate surface area is 237 Å². The average Bonchev–Trinajstić information content (AvgIpc) is 2.87. The quantitative estimate of drug-likeness (QED) is 0.452. The number of piperazine rings is 1. The van der Waals surface area contributed by atoms with Gasteiger partial charge in [-0.25, -0.2) is 31.3 Å². The van der Waals surface area contributed by atoms with Crippen molar-refractivity contribution in [3.63, 3.8) is 0 Å². The number of pyridine rings is 1. The van der Waals surface area contributed by atoms with Crippen LogP contribution in [-0.4, -0.2) is 76.2 Å². The van der Waals surface area contributed by atoms with Crippen molar-refractivity contribution in [3.8, 4) is 11.8 Å². The maximum absolute atomic E-state index is 13.3. The van der Waals surface area contributed by atoms with Crippen molar-refractivity contribution in [1.29, 1.82) is 0 Å². The third kappa shape index (κ3) is 8.80. The predicted molar refractivity (Wildman–Crippen MR) is 145 cm³/mol. The molecule has 16 heteroatoms. The number of amides is 1. The van der Waals surface area contributed by atoms with Crippen molar-refractivity contribution < 1.29 is 39.5 Å². The van der Waals surface area contributed by atoms with E-state index in [4.69, 9.17) is 4.74 Å². The molecule has 1 aliphatic rings. The molecule has 3 rings (SSSR count). The Kier molecular flexibility index (Phi) is 9.58.